The topological polar surface area (TPSA) is 194 Å². The monoisotopic (exact) mass is 464 g/mol. The number of hydrogen-bond acceptors (Lipinski definition) is 7. The van der Waals surface area contributed by atoms with Gasteiger partial charge in [-0.3, -0.25) is 0 Å². The molecule has 0 aromatic heterocycles. The van der Waals surface area contributed by atoms with E-state index in [1.807, 2.05) is 0 Å². The van der Waals surface area contributed by atoms with Crippen LogP contribution in [0.15, 0.2) is 0 Å². The molecule has 0 unspecified atom stereocenters. The Hall–Kier alpha value is 1.34. The van der Waals surface area contributed by atoms with Crippen LogP contribution in [0.2, 0.25) is 0 Å². The van der Waals surface area contributed by atoms with E-state index in [0.717, 1.165) is 0 Å². The van der Waals surface area contributed by atoms with E-state index in [-0.39, 0.29) is 11.0 Å². The van der Waals surface area contributed by atoms with Crippen molar-refractivity contribution >= 4 is 36.9 Å². The summed E-state index contributed by atoms with van der Waals surface area (Å²) in [6.45, 7) is 0. The quantitative estimate of drug-likeness (QED) is 0.222. The Labute approximate surface area is 97.1 Å². The summed E-state index contributed by atoms with van der Waals surface area (Å²) in [5, 5.41) is 0. The molecule has 0 fully saturated rings. The predicted octanol–water partition coefficient (Wildman–Crippen LogP) is -4.44. The van der Waals surface area contributed by atoms with Crippen LogP contribution in [0, 0.1) is 0 Å². The van der Waals surface area contributed by atoms with E-state index in [9.17, 15) is 0 Å². The average molecular weight is 465 g/mol. The molecule has 0 aliphatic heterocycles. The second-order valence-corrected chi connectivity index (χ2v) is 8.66. The Balaban J connectivity index is -0.0000000891. The van der Waals surface area contributed by atoms with E-state index >= 15 is 0 Å². The molecule has 0 aromatic carbocycles. The van der Waals surface area contributed by atoms with Gasteiger partial charge in [0.05, 0.1) is 0 Å². The van der Waals surface area contributed by atoms with E-state index in [1.165, 1.54) is 0 Å². The number of hydrogen-bond donors (Lipinski definition) is 6. The van der Waals surface area contributed by atoms with Crippen LogP contribution in [0.3, 0.4) is 0 Å². The summed E-state index contributed by atoms with van der Waals surface area (Å²) < 4.78 is 3.24. The Morgan fingerprint density at radius 1 is 0.786 bits per heavy atom. The summed E-state index contributed by atoms with van der Waals surface area (Å²) in [4.78, 5) is 47.6. The van der Waals surface area contributed by atoms with Gasteiger partial charge in [0.25, 0.3) is 0 Å². The molecule has 0 saturated heterocycles. The van der Waals surface area contributed by atoms with Crippen LogP contribution in [-0.4, -0.2) is 57.8 Å². The Kier molecular flexibility index (Phi) is 19.0. The van der Waals surface area contributed by atoms with Crippen molar-refractivity contribution in [1.29, 1.82) is 0 Å². The molecule has 0 atom stereocenters. The average Bonchev–Trinajstić information content (AvgIpc) is 1.53. The summed E-state index contributed by atoms with van der Waals surface area (Å²) in [7, 11) is -0.101. The van der Waals surface area contributed by atoms with Gasteiger partial charge in [-0.15, -0.1) is 0 Å². The molecule has 0 heterocycles. The van der Waals surface area contributed by atoms with Crippen LogP contribution in [0.1, 0.15) is 0 Å². The molecular weight excluding hydrogens is 455 g/mol. The van der Waals surface area contributed by atoms with E-state index in [4.69, 9.17) is 47.6 Å². The van der Waals surface area contributed by atoms with Gasteiger partial charge < -0.3 is 43.8 Å². The van der Waals surface area contributed by atoms with Crippen molar-refractivity contribution < 1.29 is 60.3 Å². The molecule has 0 bridgehead atoms. The Morgan fingerprint density at radius 3 is 0.929 bits per heavy atom. The SMILES string of the molecule is O.O.O[Si](O)(O)O[Si](O)(O)O.[Cl][W][Cl]. The van der Waals surface area contributed by atoms with Gasteiger partial charge in [-0.1, -0.05) is 0 Å². The summed E-state index contributed by atoms with van der Waals surface area (Å²) in [5.74, 6) is 0. The summed E-state index contributed by atoms with van der Waals surface area (Å²) in [6.07, 6.45) is 0. The first kappa shape index (κ1) is 24.5. The van der Waals surface area contributed by atoms with E-state index < -0.39 is 34.6 Å². The summed E-state index contributed by atoms with van der Waals surface area (Å²) >= 11 is -0.806. The van der Waals surface area contributed by atoms with Gasteiger partial charge >= 0.3 is 53.4 Å². The van der Waals surface area contributed by atoms with Gasteiger partial charge in [-0.2, -0.15) is 0 Å². The molecule has 0 saturated carbocycles. The zero-order chi connectivity index (χ0) is 10.4. The second-order valence-electron chi connectivity index (χ2n) is 1.31. The first-order valence-electron chi connectivity index (χ1n) is 2.06. The first-order valence-corrected chi connectivity index (χ1v) is 12.8. The third-order valence-corrected chi connectivity index (χ3v) is 2.46. The summed E-state index contributed by atoms with van der Waals surface area (Å²) in [6, 6.07) is 0. The van der Waals surface area contributed by atoms with Crippen molar-refractivity contribution in [3.63, 3.8) is 0 Å². The minimum atomic E-state index is -4.98. The van der Waals surface area contributed by atoms with Gasteiger partial charge in [-0.25, -0.2) is 0 Å². The molecule has 14 heavy (non-hydrogen) atoms. The van der Waals surface area contributed by atoms with Crippen LogP contribution in [0.25, 0.3) is 0 Å². The zero-order valence-corrected chi connectivity index (χ0v) is 12.7. The van der Waals surface area contributed by atoms with Gasteiger partial charge in [0, 0.05) is 0 Å². The first-order chi connectivity index (χ1) is 5.12. The molecule has 9 nitrogen and oxygen atoms in total. The fraction of sp³-hybridized carbons (Fsp3) is 0. The fourth-order valence-electron chi connectivity index (χ4n) is 0.184. The molecule has 0 rings (SSSR count). The van der Waals surface area contributed by atoms with Crippen molar-refractivity contribution in [3.05, 3.63) is 0 Å². The van der Waals surface area contributed by atoms with E-state index in [2.05, 4.69) is 4.12 Å². The third-order valence-electron chi connectivity index (χ3n) is 0.274. The van der Waals surface area contributed by atoms with E-state index in [0.29, 0.717) is 0 Å². The van der Waals surface area contributed by atoms with Crippen LogP contribution in [-0.2, 0) is 20.6 Å². The zero-order valence-electron chi connectivity index (χ0n) is 6.26. The Bertz CT molecular complexity index is 96.4. The molecule has 92 valence electrons. The van der Waals surface area contributed by atoms with Gasteiger partial charge in [-0.05, 0) is 0 Å². The molecular formula is H10Cl2O9Si2W. The van der Waals surface area contributed by atoms with Crippen LogP contribution >= 0.6 is 18.8 Å². The standard InChI is InChI=1S/2ClH.H6O7Si2.2H2O.W/c;;1-8(2,3)7-9(4,5)6;;;/h2*1H;1-6H;2*1H2;/q;;;;;+2/p-2. The van der Waals surface area contributed by atoms with Crippen molar-refractivity contribution in [3.8, 4) is 0 Å². The van der Waals surface area contributed by atoms with Crippen LogP contribution in [0.5, 0.6) is 0 Å². The Morgan fingerprint density at radius 2 is 0.929 bits per heavy atom. The molecule has 0 aliphatic rings. The van der Waals surface area contributed by atoms with Crippen LogP contribution < -0.4 is 0 Å². The normalized spacial score (nSPS) is 10.3. The summed E-state index contributed by atoms with van der Waals surface area (Å²) in [5.41, 5.74) is 0. The van der Waals surface area contributed by atoms with Crippen molar-refractivity contribution in [2.75, 3.05) is 0 Å². The molecule has 0 spiro atoms. The van der Waals surface area contributed by atoms with Crippen LogP contribution in [0.4, 0.5) is 0 Å². The maximum absolute atomic E-state index is 7.94. The minimum absolute atomic E-state index is 0. The van der Waals surface area contributed by atoms with Gasteiger partial charge in [0.15, 0.2) is 0 Å². The molecule has 10 N–H and O–H groups in total. The van der Waals surface area contributed by atoms with Crippen molar-refractivity contribution in [1.82, 2.24) is 0 Å². The number of halogens is 2. The van der Waals surface area contributed by atoms with Gasteiger partial charge in [0.1, 0.15) is 0 Å². The molecule has 14 heteroatoms. The fourth-order valence-corrected chi connectivity index (χ4v) is 1.65. The maximum atomic E-state index is 7.94. The molecule has 0 aromatic rings. The van der Waals surface area contributed by atoms with Gasteiger partial charge in [0.2, 0.25) is 0 Å². The number of rotatable bonds is 2. The van der Waals surface area contributed by atoms with E-state index in [1.54, 1.807) is 0 Å². The van der Waals surface area contributed by atoms with Crippen molar-refractivity contribution in [2.45, 2.75) is 0 Å². The second kappa shape index (κ2) is 10.8. The van der Waals surface area contributed by atoms with Crippen molar-refractivity contribution in [2.24, 2.45) is 0 Å². The molecule has 0 radical (unpaired) electrons. The molecule has 0 aliphatic carbocycles. The predicted molar refractivity (Wildman–Crippen MR) is 44.8 cm³/mol. The third kappa shape index (κ3) is 37.7. The molecule has 0 amide bonds.